The summed E-state index contributed by atoms with van der Waals surface area (Å²) in [4.78, 5) is 16.2. The lowest BCUT2D eigenvalue weighted by Crippen LogP contribution is -2.49. The van der Waals surface area contributed by atoms with Gasteiger partial charge in [-0.1, -0.05) is 29.3 Å². The molecule has 2 rings (SSSR count). The number of halogens is 2. The van der Waals surface area contributed by atoms with Crippen molar-refractivity contribution in [3.05, 3.63) is 33.8 Å². The summed E-state index contributed by atoms with van der Waals surface area (Å²) >= 11 is 12.1. The predicted molar refractivity (Wildman–Crippen MR) is 91.6 cm³/mol. The van der Waals surface area contributed by atoms with Gasteiger partial charge in [0.25, 0.3) is 0 Å². The van der Waals surface area contributed by atoms with Gasteiger partial charge in [-0.2, -0.15) is 0 Å². The van der Waals surface area contributed by atoms with Crippen molar-refractivity contribution in [2.75, 3.05) is 39.3 Å². The summed E-state index contributed by atoms with van der Waals surface area (Å²) in [6, 6.07) is 6.11. The zero-order valence-corrected chi connectivity index (χ0v) is 14.6. The van der Waals surface area contributed by atoms with Crippen LogP contribution in [0.3, 0.4) is 0 Å². The van der Waals surface area contributed by atoms with Crippen LogP contribution in [0.15, 0.2) is 18.2 Å². The Morgan fingerprint density at radius 2 is 1.91 bits per heavy atom. The van der Waals surface area contributed by atoms with Crippen molar-refractivity contribution in [1.29, 1.82) is 0 Å². The summed E-state index contributed by atoms with van der Waals surface area (Å²) in [5, 5.41) is 4.03. The maximum atomic E-state index is 11.6. The second-order valence-electron chi connectivity index (χ2n) is 5.62. The van der Waals surface area contributed by atoms with Crippen molar-refractivity contribution >= 4 is 29.1 Å². The molecule has 22 heavy (non-hydrogen) atoms. The van der Waals surface area contributed by atoms with Gasteiger partial charge in [0, 0.05) is 38.8 Å². The summed E-state index contributed by atoms with van der Waals surface area (Å²) in [5.41, 5.74) is 1.17. The number of hydrogen-bond acceptors (Lipinski definition) is 3. The van der Waals surface area contributed by atoms with Crippen molar-refractivity contribution in [2.24, 2.45) is 0 Å². The van der Waals surface area contributed by atoms with E-state index in [2.05, 4.69) is 22.0 Å². The van der Waals surface area contributed by atoms with Crippen LogP contribution in [0.1, 0.15) is 25.5 Å². The molecule has 1 atom stereocenters. The van der Waals surface area contributed by atoms with E-state index in [1.54, 1.807) is 0 Å². The molecule has 0 radical (unpaired) electrons. The van der Waals surface area contributed by atoms with Gasteiger partial charge >= 0.3 is 0 Å². The summed E-state index contributed by atoms with van der Waals surface area (Å²) in [6.07, 6.45) is 0. The van der Waals surface area contributed by atoms with Crippen molar-refractivity contribution < 1.29 is 4.79 Å². The number of nitrogens with zero attached hydrogens (tertiary/aromatic N) is 2. The standard InChI is InChI=1S/C16H23Cl2N3O/c1-3-19-16(22)11-20-6-8-21(9-7-20)12(2)13-4-5-14(17)15(18)10-13/h4-5,10,12H,3,6-9,11H2,1-2H3,(H,19,22). The first-order valence-electron chi connectivity index (χ1n) is 7.69. The molecule has 1 fully saturated rings. The quantitative estimate of drug-likeness (QED) is 0.892. The fourth-order valence-electron chi connectivity index (χ4n) is 2.75. The Morgan fingerprint density at radius 3 is 2.50 bits per heavy atom. The average Bonchev–Trinajstić information content (AvgIpc) is 2.50. The van der Waals surface area contributed by atoms with Crippen LogP contribution >= 0.6 is 23.2 Å². The van der Waals surface area contributed by atoms with E-state index in [1.165, 1.54) is 5.56 Å². The lowest BCUT2D eigenvalue weighted by atomic mass is 10.1. The summed E-state index contributed by atoms with van der Waals surface area (Å²) in [6.45, 7) is 9.00. The second kappa shape index (κ2) is 8.16. The van der Waals surface area contributed by atoms with E-state index in [4.69, 9.17) is 23.2 Å². The molecule has 0 bridgehead atoms. The van der Waals surface area contributed by atoms with Crippen LogP contribution in [-0.2, 0) is 4.79 Å². The monoisotopic (exact) mass is 343 g/mol. The van der Waals surface area contributed by atoms with Gasteiger partial charge in [0.2, 0.25) is 5.91 Å². The van der Waals surface area contributed by atoms with E-state index in [-0.39, 0.29) is 5.91 Å². The Balaban J connectivity index is 1.88. The molecule has 1 aromatic carbocycles. The van der Waals surface area contributed by atoms with Gasteiger partial charge in [-0.3, -0.25) is 14.6 Å². The third-order valence-electron chi connectivity index (χ3n) is 4.12. The Hall–Kier alpha value is -0.810. The molecule has 0 aliphatic carbocycles. The molecular weight excluding hydrogens is 321 g/mol. The molecule has 0 aromatic heterocycles. The predicted octanol–water partition coefficient (Wildman–Crippen LogP) is 2.81. The van der Waals surface area contributed by atoms with Crippen LogP contribution in [0.2, 0.25) is 10.0 Å². The highest BCUT2D eigenvalue weighted by Gasteiger charge is 2.23. The summed E-state index contributed by atoms with van der Waals surface area (Å²) in [5.74, 6) is 0.105. The number of amides is 1. The third kappa shape index (κ3) is 4.59. The lowest BCUT2D eigenvalue weighted by Gasteiger charge is -2.38. The van der Waals surface area contributed by atoms with E-state index in [0.717, 1.165) is 26.2 Å². The number of hydrogen-bond donors (Lipinski definition) is 1. The number of likely N-dealkylation sites (N-methyl/N-ethyl adjacent to an activating group) is 1. The minimum Gasteiger partial charge on any atom is -0.355 e. The minimum atomic E-state index is 0.105. The van der Waals surface area contributed by atoms with Crippen LogP contribution in [0.5, 0.6) is 0 Å². The summed E-state index contributed by atoms with van der Waals surface area (Å²) in [7, 11) is 0. The Labute approximate surface area is 142 Å². The molecule has 6 heteroatoms. The van der Waals surface area contributed by atoms with E-state index in [9.17, 15) is 4.79 Å². The van der Waals surface area contributed by atoms with Crippen molar-refractivity contribution in [3.63, 3.8) is 0 Å². The first kappa shape index (κ1) is 17.5. The second-order valence-corrected chi connectivity index (χ2v) is 6.43. The van der Waals surface area contributed by atoms with Gasteiger partial charge in [0.05, 0.1) is 16.6 Å². The normalized spacial score (nSPS) is 18.2. The molecule has 0 spiro atoms. The van der Waals surface area contributed by atoms with Crippen LogP contribution in [-0.4, -0.2) is 55.0 Å². The molecule has 1 amide bonds. The van der Waals surface area contributed by atoms with Crippen LogP contribution in [0, 0.1) is 0 Å². The molecule has 1 unspecified atom stereocenters. The van der Waals surface area contributed by atoms with Gasteiger partial charge < -0.3 is 5.32 Å². The fourth-order valence-corrected chi connectivity index (χ4v) is 3.05. The number of benzene rings is 1. The zero-order chi connectivity index (χ0) is 16.1. The number of rotatable bonds is 5. The van der Waals surface area contributed by atoms with Crippen molar-refractivity contribution in [3.8, 4) is 0 Å². The molecule has 0 saturated carbocycles. The SMILES string of the molecule is CCNC(=O)CN1CCN(C(C)c2ccc(Cl)c(Cl)c2)CC1. The molecule has 4 nitrogen and oxygen atoms in total. The number of piperazine rings is 1. The molecule has 1 aliphatic rings. The molecule has 122 valence electrons. The Morgan fingerprint density at radius 1 is 1.23 bits per heavy atom. The minimum absolute atomic E-state index is 0.105. The molecule has 1 saturated heterocycles. The highest BCUT2D eigenvalue weighted by Crippen LogP contribution is 2.28. The highest BCUT2D eigenvalue weighted by atomic mass is 35.5. The number of carbonyl (C=O) groups excluding carboxylic acids is 1. The highest BCUT2D eigenvalue weighted by molar-refractivity contribution is 6.42. The van der Waals surface area contributed by atoms with Crippen LogP contribution in [0.4, 0.5) is 0 Å². The first-order valence-corrected chi connectivity index (χ1v) is 8.45. The third-order valence-corrected chi connectivity index (χ3v) is 4.86. The van der Waals surface area contributed by atoms with E-state index in [1.807, 2.05) is 25.1 Å². The maximum Gasteiger partial charge on any atom is 0.234 e. The van der Waals surface area contributed by atoms with Crippen molar-refractivity contribution in [1.82, 2.24) is 15.1 Å². The van der Waals surface area contributed by atoms with Crippen LogP contribution < -0.4 is 5.32 Å². The molecule has 1 N–H and O–H groups in total. The van der Waals surface area contributed by atoms with Gasteiger partial charge in [-0.25, -0.2) is 0 Å². The average molecular weight is 344 g/mol. The van der Waals surface area contributed by atoms with Crippen LogP contribution in [0.25, 0.3) is 0 Å². The smallest absolute Gasteiger partial charge is 0.234 e. The van der Waals surface area contributed by atoms with E-state index in [0.29, 0.717) is 29.2 Å². The van der Waals surface area contributed by atoms with Gasteiger partial charge in [0.15, 0.2) is 0 Å². The molecular formula is C16H23Cl2N3O. The molecule has 1 heterocycles. The molecule has 1 aliphatic heterocycles. The van der Waals surface area contributed by atoms with E-state index < -0.39 is 0 Å². The van der Waals surface area contributed by atoms with Gasteiger partial charge in [-0.05, 0) is 31.5 Å². The van der Waals surface area contributed by atoms with E-state index >= 15 is 0 Å². The maximum absolute atomic E-state index is 11.6. The Bertz CT molecular complexity index is 516. The zero-order valence-electron chi connectivity index (χ0n) is 13.1. The summed E-state index contributed by atoms with van der Waals surface area (Å²) < 4.78 is 0. The largest absolute Gasteiger partial charge is 0.355 e. The number of carbonyl (C=O) groups is 1. The fraction of sp³-hybridized carbons (Fsp3) is 0.562. The number of nitrogens with one attached hydrogen (secondary N) is 1. The van der Waals surface area contributed by atoms with Gasteiger partial charge in [-0.15, -0.1) is 0 Å². The van der Waals surface area contributed by atoms with Gasteiger partial charge in [0.1, 0.15) is 0 Å². The first-order chi connectivity index (χ1) is 10.5. The molecule has 1 aromatic rings. The Kier molecular flexibility index (Phi) is 6.50. The van der Waals surface area contributed by atoms with Crippen molar-refractivity contribution in [2.45, 2.75) is 19.9 Å². The lowest BCUT2D eigenvalue weighted by molar-refractivity contribution is -0.122. The topological polar surface area (TPSA) is 35.6 Å².